The summed E-state index contributed by atoms with van der Waals surface area (Å²) in [6.45, 7) is 3.45. The average Bonchev–Trinajstić information content (AvgIpc) is 2.04. The van der Waals surface area contributed by atoms with Crippen LogP contribution in [0.25, 0.3) is 0 Å². The molecular weight excluding hydrogens is 185 g/mol. The van der Waals surface area contributed by atoms with Gasteiger partial charge in [0, 0.05) is 30.3 Å². The van der Waals surface area contributed by atoms with Crippen molar-refractivity contribution in [3.63, 3.8) is 0 Å². The van der Waals surface area contributed by atoms with Crippen molar-refractivity contribution in [1.29, 1.82) is 0 Å². The highest BCUT2D eigenvalue weighted by atomic mass is 35.5. The number of aliphatic hydroxyl groups is 1. The Bertz CT molecular complexity index is 128. The average molecular weight is 198 g/mol. The van der Waals surface area contributed by atoms with Crippen LogP contribution in [-0.4, -0.2) is 24.8 Å². The van der Waals surface area contributed by atoms with Gasteiger partial charge in [0.15, 0.2) is 0 Å². The lowest BCUT2D eigenvalue weighted by Gasteiger charge is -2.07. The topological polar surface area (TPSA) is 32.3 Å². The van der Waals surface area contributed by atoms with Gasteiger partial charge >= 0.3 is 0 Å². The molecule has 2 N–H and O–H groups in total. The third-order valence-electron chi connectivity index (χ3n) is 1.22. The smallest absolute Gasteiger partial charge is 0.0468 e. The first-order chi connectivity index (χ1) is 5.20. The number of hydrogen-bond acceptors (Lipinski definition) is 2. The van der Waals surface area contributed by atoms with Crippen LogP contribution >= 0.6 is 23.2 Å². The summed E-state index contributed by atoms with van der Waals surface area (Å²) < 4.78 is 0. The van der Waals surface area contributed by atoms with E-state index < -0.39 is 0 Å². The second-order valence-electron chi connectivity index (χ2n) is 2.47. The number of aliphatic hydroxyl groups excluding tert-OH is 1. The molecule has 0 aliphatic heterocycles. The van der Waals surface area contributed by atoms with Gasteiger partial charge in [-0.15, -0.1) is 0 Å². The Morgan fingerprint density at radius 3 is 2.82 bits per heavy atom. The van der Waals surface area contributed by atoms with E-state index in [4.69, 9.17) is 28.3 Å². The van der Waals surface area contributed by atoms with Crippen LogP contribution in [0, 0.1) is 5.92 Å². The molecule has 0 amide bonds. The Kier molecular flexibility index (Phi) is 7.07. The van der Waals surface area contributed by atoms with Crippen molar-refractivity contribution in [2.24, 2.45) is 5.92 Å². The third-order valence-corrected chi connectivity index (χ3v) is 1.83. The minimum Gasteiger partial charge on any atom is -0.396 e. The lowest BCUT2D eigenvalue weighted by molar-refractivity contribution is 0.235. The van der Waals surface area contributed by atoms with Gasteiger partial charge in [-0.2, -0.15) is 0 Å². The Balaban J connectivity index is 3.27. The first-order valence-electron chi connectivity index (χ1n) is 3.47. The summed E-state index contributed by atoms with van der Waals surface area (Å²) >= 11 is 10.9. The number of hydrogen-bond donors (Lipinski definition) is 2. The monoisotopic (exact) mass is 197 g/mol. The molecule has 0 saturated carbocycles. The van der Waals surface area contributed by atoms with Crippen molar-refractivity contribution >= 4 is 23.2 Å². The van der Waals surface area contributed by atoms with E-state index in [0.717, 1.165) is 6.54 Å². The van der Waals surface area contributed by atoms with Crippen molar-refractivity contribution in [1.82, 2.24) is 5.32 Å². The SMILES string of the molecule is CC(CO)CNCC(Cl)=CCl. The summed E-state index contributed by atoms with van der Waals surface area (Å²) in [6.07, 6.45) is 0. The zero-order valence-corrected chi connectivity index (χ0v) is 7.99. The molecule has 0 bridgehead atoms. The van der Waals surface area contributed by atoms with Crippen molar-refractivity contribution < 1.29 is 5.11 Å². The number of nitrogens with one attached hydrogen (secondary N) is 1. The Labute approximate surface area is 77.2 Å². The second kappa shape index (κ2) is 6.92. The van der Waals surface area contributed by atoms with E-state index in [1.54, 1.807) is 0 Å². The van der Waals surface area contributed by atoms with Crippen LogP contribution in [0.5, 0.6) is 0 Å². The molecule has 1 atom stereocenters. The van der Waals surface area contributed by atoms with Crippen molar-refractivity contribution in [2.45, 2.75) is 6.92 Å². The van der Waals surface area contributed by atoms with Gasteiger partial charge in [-0.05, 0) is 5.92 Å². The van der Waals surface area contributed by atoms with E-state index >= 15 is 0 Å². The minimum absolute atomic E-state index is 0.190. The Morgan fingerprint density at radius 2 is 2.36 bits per heavy atom. The fraction of sp³-hybridized carbons (Fsp3) is 0.714. The molecule has 66 valence electrons. The molecule has 4 heteroatoms. The van der Waals surface area contributed by atoms with Gasteiger partial charge in [-0.1, -0.05) is 30.1 Å². The summed E-state index contributed by atoms with van der Waals surface area (Å²) in [5, 5.41) is 12.3. The second-order valence-corrected chi connectivity index (χ2v) is 3.18. The summed E-state index contributed by atoms with van der Waals surface area (Å²) in [5.74, 6) is 0.259. The third kappa shape index (κ3) is 6.63. The standard InChI is InChI=1S/C7H13Cl2NO/c1-6(5-11)3-10-4-7(9)2-8/h2,6,10-11H,3-5H2,1H3. The number of rotatable bonds is 5. The lowest BCUT2D eigenvalue weighted by atomic mass is 10.2. The normalized spacial score (nSPS) is 15.1. The van der Waals surface area contributed by atoms with Crippen LogP contribution < -0.4 is 5.32 Å². The maximum atomic E-state index is 8.64. The first kappa shape index (κ1) is 11.2. The molecule has 0 aromatic carbocycles. The van der Waals surface area contributed by atoms with Crippen molar-refractivity contribution in [3.8, 4) is 0 Å². The predicted octanol–water partition coefficient (Wildman–Crippen LogP) is 1.52. The van der Waals surface area contributed by atoms with Crippen LogP contribution in [0.15, 0.2) is 10.6 Å². The molecule has 0 aliphatic carbocycles. The van der Waals surface area contributed by atoms with Crippen LogP contribution in [0.3, 0.4) is 0 Å². The highest BCUT2D eigenvalue weighted by molar-refractivity contribution is 6.36. The van der Waals surface area contributed by atoms with Gasteiger partial charge < -0.3 is 10.4 Å². The molecule has 0 fully saturated rings. The molecular formula is C7H13Cl2NO. The van der Waals surface area contributed by atoms with E-state index in [1.165, 1.54) is 5.54 Å². The van der Waals surface area contributed by atoms with Crippen LogP contribution in [0.2, 0.25) is 0 Å². The van der Waals surface area contributed by atoms with Crippen LogP contribution in [-0.2, 0) is 0 Å². The van der Waals surface area contributed by atoms with E-state index in [2.05, 4.69) is 5.32 Å². The highest BCUT2D eigenvalue weighted by Gasteiger charge is 1.98. The van der Waals surface area contributed by atoms with E-state index in [9.17, 15) is 0 Å². The van der Waals surface area contributed by atoms with Crippen LogP contribution in [0.4, 0.5) is 0 Å². The Morgan fingerprint density at radius 1 is 1.73 bits per heavy atom. The molecule has 11 heavy (non-hydrogen) atoms. The molecule has 0 aliphatic rings. The summed E-state index contributed by atoms with van der Waals surface area (Å²) in [4.78, 5) is 0. The van der Waals surface area contributed by atoms with E-state index in [-0.39, 0.29) is 12.5 Å². The quantitative estimate of drug-likeness (QED) is 0.701. The fourth-order valence-corrected chi connectivity index (χ4v) is 0.713. The molecule has 0 aromatic heterocycles. The van der Waals surface area contributed by atoms with Gasteiger partial charge in [0.05, 0.1) is 0 Å². The van der Waals surface area contributed by atoms with Gasteiger partial charge in [0.2, 0.25) is 0 Å². The zero-order valence-electron chi connectivity index (χ0n) is 6.48. The first-order valence-corrected chi connectivity index (χ1v) is 4.28. The molecule has 0 radical (unpaired) electrons. The van der Waals surface area contributed by atoms with Gasteiger partial charge in [-0.25, -0.2) is 0 Å². The highest BCUT2D eigenvalue weighted by Crippen LogP contribution is 2.00. The van der Waals surface area contributed by atoms with E-state index in [0.29, 0.717) is 11.6 Å². The lowest BCUT2D eigenvalue weighted by Crippen LogP contribution is -2.24. The molecule has 0 saturated heterocycles. The van der Waals surface area contributed by atoms with Gasteiger partial charge in [0.25, 0.3) is 0 Å². The van der Waals surface area contributed by atoms with Gasteiger partial charge in [-0.3, -0.25) is 0 Å². The van der Waals surface area contributed by atoms with Gasteiger partial charge in [0.1, 0.15) is 0 Å². The van der Waals surface area contributed by atoms with Crippen molar-refractivity contribution in [3.05, 3.63) is 10.6 Å². The molecule has 0 spiro atoms. The zero-order chi connectivity index (χ0) is 8.69. The van der Waals surface area contributed by atoms with Crippen molar-refractivity contribution in [2.75, 3.05) is 19.7 Å². The largest absolute Gasteiger partial charge is 0.396 e. The Hall–Kier alpha value is 0.240. The summed E-state index contributed by atoms with van der Waals surface area (Å²) in [5.41, 5.74) is 1.33. The predicted molar refractivity (Wildman–Crippen MR) is 48.9 cm³/mol. The number of halogens is 2. The molecule has 1 unspecified atom stereocenters. The summed E-state index contributed by atoms with van der Waals surface area (Å²) in [7, 11) is 0. The molecule has 0 rings (SSSR count). The minimum atomic E-state index is 0.190. The molecule has 0 heterocycles. The fourth-order valence-electron chi connectivity index (χ4n) is 0.541. The van der Waals surface area contributed by atoms with Crippen LogP contribution in [0.1, 0.15) is 6.92 Å². The maximum absolute atomic E-state index is 8.64. The maximum Gasteiger partial charge on any atom is 0.0468 e. The van der Waals surface area contributed by atoms with E-state index in [1.807, 2.05) is 6.92 Å². The molecule has 0 aromatic rings. The summed E-state index contributed by atoms with van der Waals surface area (Å²) in [6, 6.07) is 0. The molecule has 2 nitrogen and oxygen atoms in total.